The first-order valence-electron chi connectivity index (χ1n) is 19.6. The van der Waals surface area contributed by atoms with Gasteiger partial charge in [-0.05, 0) is 107 Å². The second kappa shape index (κ2) is 28.4. The van der Waals surface area contributed by atoms with Crippen LogP contribution in [0.4, 0.5) is 0 Å². The van der Waals surface area contributed by atoms with E-state index < -0.39 is 0 Å². The van der Waals surface area contributed by atoms with Gasteiger partial charge in [-0.25, -0.2) is 0 Å². The Hall–Kier alpha value is -1.04. The molecule has 0 unspecified atom stereocenters. The predicted molar refractivity (Wildman–Crippen MR) is 198 cm³/mol. The molecule has 0 nitrogen and oxygen atoms in total. The maximum Gasteiger partial charge on any atom is -0.0169 e. The molecule has 1 fully saturated rings. The van der Waals surface area contributed by atoms with Crippen LogP contribution in [0.1, 0.15) is 214 Å². The van der Waals surface area contributed by atoms with E-state index in [4.69, 9.17) is 0 Å². The fraction of sp³-hybridized carbons (Fsp3) is 0.814. The summed E-state index contributed by atoms with van der Waals surface area (Å²) >= 11 is 0. The molecule has 0 aromatic rings. The van der Waals surface area contributed by atoms with Gasteiger partial charge < -0.3 is 0 Å². The summed E-state index contributed by atoms with van der Waals surface area (Å²) in [7, 11) is 0. The van der Waals surface area contributed by atoms with Crippen molar-refractivity contribution in [3.05, 3.63) is 48.6 Å². The summed E-state index contributed by atoms with van der Waals surface area (Å²) in [5.41, 5.74) is 1.25. The van der Waals surface area contributed by atoms with E-state index in [9.17, 15) is 0 Å². The molecule has 1 saturated carbocycles. The van der Waals surface area contributed by atoms with Crippen LogP contribution in [0.2, 0.25) is 0 Å². The van der Waals surface area contributed by atoms with Gasteiger partial charge >= 0.3 is 0 Å². The number of unbranched alkanes of at least 4 members (excludes halogenated alkanes) is 18. The van der Waals surface area contributed by atoms with Gasteiger partial charge in [0.25, 0.3) is 0 Å². The van der Waals surface area contributed by atoms with Crippen LogP contribution in [0.15, 0.2) is 48.6 Å². The summed E-state index contributed by atoms with van der Waals surface area (Å²) in [4.78, 5) is 0. The molecule has 0 aromatic heterocycles. The Bertz CT molecular complexity index is 654. The lowest BCUT2D eigenvalue weighted by atomic mass is 9.74. The minimum absolute atomic E-state index is 0.580. The summed E-state index contributed by atoms with van der Waals surface area (Å²) < 4.78 is 0. The Labute approximate surface area is 272 Å². The van der Waals surface area contributed by atoms with Crippen molar-refractivity contribution in [3.63, 3.8) is 0 Å². The molecule has 1 rings (SSSR count). The zero-order valence-electron chi connectivity index (χ0n) is 30.1. The third-order valence-electron chi connectivity index (χ3n) is 10.0. The minimum atomic E-state index is 0.580. The van der Waals surface area contributed by atoms with Crippen molar-refractivity contribution in [2.75, 3.05) is 0 Å². The summed E-state index contributed by atoms with van der Waals surface area (Å²) in [6.07, 6.45) is 59.1. The molecule has 0 amide bonds. The van der Waals surface area contributed by atoms with E-state index in [-0.39, 0.29) is 0 Å². The average Bonchev–Trinajstić information content (AvgIpc) is 3.30. The molecule has 1 aliphatic carbocycles. The van der Waals surface area contributed by atoms with E-state index >= 15 is 0 Å². The Morgan fingerprint density at radius 2 is 0.744 bits per heavy atom. The van der Waals surface area contributed by atoms with E-state index in [1.54, 1.807) is 0 Å². The van der Waals surface area contributed by atoms with E-state index in [0.29, 0.717) is 10.8 Å². The van der Waals surface area contributed by atoms with E-state index in [2.05, 4.69) is 76.3 Å². The molecule has 1 aliphatic rings. The maximum atomic E-state index is 2.53. The summed E-state index contributed by atoms with van der Waals surface area (Å²) in [5, 5.41) is 0. The molecule has 43 heavy (non-hydrogen) atoms. The third-order valence-corrected chi connectivity index (χ3v) is 10.0. The summed E-state index contributed by atoms with van der Waals surface area (Å²) in [6.45, 7) is 9.62. The van der Waals surface area contributed by atoms with Crippen LogP contribution >= 0.6 is 0 Å². The molecule has 0 heteroatoms. The van der Waals surface area contributed by atoms with Crippen molar-refractivity contribution >= 4 is 0 Å². The normalized spacial score (nSPS) is 16.7. The van der Waals surface area contributed by atoms with Crippen molar-refractivity contribution in [2.45, 2.75) is 214 Å². The largest absolute Gasteiger partial charge is 0.0882 e. The zero-order valence-corrected chi connectivity index (χ0v) is 30.1. The van der Waals surface area contributed by atoms with Crippen molar-refractivity contribution < 1.29 is 0 Å². The number of allylic oxidation sites excluding steroid dienone is 8. The molecule has 0 atom stereocenters. The standard InChI is InChI=1S/C43H78/c1-5-7-9-11-13-15-17-19-21-23-25-27-29-31-33-35-37-43(40-39-42(3,4)41-43)38-36-34-32-30-28-26-24-22-20-18-16-14-12-10-8-6-2/h13-16,19-22H,5-12,17-18,23-41H2,1-4H3/b15-13-,16-14-,21-19-,22-20-. The highest BCUT2D eigenvalue weighted by atomic mass is 14.5. The van der Waals surface area contributed by atoms with Gasteiger partial charge in [0.05, 0.1) is 0 Å². The van der Waals surface area contributed by atoms with Gasteiger partial charge in [0.2, 0.25) is 0 Å². The average molecular weight is 595 g/mol. The maximum absolute atomic E-state index is 2.53. The van der Waals surface area contributed by atoms with Gasteiger partial charge in [-0.3, -0.25) is 0 Å². The molecular weight excluding hydrogens is 516 g/mol. The third kappa shape index (κ3) is 24.9. The lowest BCUT2D eigenvalue weighted by Gasteiger charge is -2.31. The van der Waals surface area contributed by atoms with E-state index in [1.165, 1.54) is 173 Å². The van der Waals surface area contributed by atoms with Gasteiger partial charge in [0, 0.05) is 0 Å². The molecule has 0 spiro atoms. The Kier molecular flexibility index (Phi) is 26.4. The first-order valence-corrected chi connectivity index (χ1v) is 19.6. The van der Waals surface area contributed by atoms with Gasteiger partial charge in [-0.15, -0.1) is 0 Å². The molecule has 0 radical (unpaired) electrons. The predicted octanol–water partition coefficient (Wildman–Crippen LogP) is 15.6. The highest BCUT2D eigenvalue weighted by molar-refractivity contribution is 4.94. The Balaban J connectivity index is 2.05. The van der Waals surface area contributed by atoms with Gasteiger partial charge in [0.1, 0.15) is 0 Å². The molecule has 250 valence electrons. The van der Waals surface area contributed by atoms with Crippen molar-refractivity contribution in [3.8, 4) is 0 Å². The SMILES string of the molecule is CCCCC/C=C\C/C=C\CCCCCCCCC1(CCCCCCCC/C=C\C/C=C\CCCCC)CCC(C)(C)C1. The first kappa shape index (κ1) is 40.0. The fourth-order valence-corrected chi connectivity index (χ4v) is 7.32. The lowest BCUT2D eigenvalue weighted by Crippen LogP contribution is -2.19. The monoisotopic (exact) mass is 595 g/mol. The van der Waals surface area contributed by atoms with Crippen LogP contribution in [-0.2, 0) is 0 Å². The number of rotatable bonds is 30. The Morgan fingerprint density at radius 1 is 0.395 bits per heavy atom. The quantitative estimate of drug-likeness (QED) is 0.0573. The van der Waals surface area contributed by atoms with Crippen LogP contribution in [0.5, 0.6) is 0 Å². The van der Waals surface area contributed by atoms with Gasteiger partial charge in [0.15, 0.2) is 0 Å². The lowest BCUT2D eigenvalue weighted by molar-refractivity contribution is 0.201. The molecule has 0 heterocycles. The second-order valence-corrected chi connectivity index (χ2v) is 15.0. The van der Waals surface area contributed by atoms with E-state index in [0.717, 1.165) is 12.8 Å². The van der Waals surface area contributed by atoms with E-state index in [1.807, 2.05) is 0 Å². The van der Waals surface area contributed by atoms with Crippen molar-refractivity contribution in [2.24, 2.45) is 10.8 Å². The number of hydrogen-bond acceptors (Lipinski definition) is 0. The molecule has 0 saturated heterocycles. The molecule has 0 aliphatic heterocycles. The highest BCUT2D eigenvalue weighted by Gasteiger charge is 2.41. The van der Waals surface area contributed by atoms with Crippen LogP contribution in [-0.4, -0.2) is 0 Å². The second-order valence-electron chi connectivity index (χ2n) is 15.0. The van der Waals surface area contributed by atoms with Crippen LogP contribution < -0.4 is 0 Å². The van der Waals surface area contributed by atoms with Gasteiger partial charge in [-0.2, -0.15) is 0 Å². The smallest absolute Gasteiger partial charge is 0.0169 e. The topological polar surface area (TPSA) is 0 Å². The van der Waals surface area contributed by atoms with Gasteiger partial charge in [-0.1, -0.05) is 166 Å². The molecular formula is C43H78. The van der Waals surface area contributed by atoms with Crippen LogP contribution in [0, 0.1) is 10.8 Å². The molecule has 0 bridgehead atoms. The minimum Gasteiger partial charge on any atom is -0.0882 e. The zero-order chi connectivity index (χ0) is 31.2. The first-order chi connectivity index (χ1) is 21.0. The Morgan fingerprint density at radius 3 is 1.09 bits per heavy atom. The summed E-state index contributed by atoms with van der Waals surface area (Å²) in [5.74, 6) is 0. The molecule has 0 N–H and O–H groups in total. The number of hydrogen-bond donors (Lipinski definition) is 0. The van der Waals surface area contributed by atoms with Crippen LogP contribution in [0.3, 0.4) is 0 Å². The molecule has 0 aromatic carbocycles. The highest BCUT2D eigenvalue weighted by Crippen LogP contribution is 2.54. The summed E-state index contributed by atoms with van der Waals surface area (Å²) in [6, 6.07) is 0. The van der Waals surface area contributed by atoms with Crippen LogP contribution in [0.25, 0.3) is 0 Å². The van der Waals surface area contributed by atoms with Crippen molar-refractivity contribution in [1.29, 1.82) is 0 Å². The fourth-order valence-electron chi connectivity index (χ4n) is 7.32. The van der Waals surface area contributed by atoms with Crippen molar-refractivity contribution in [1.82, 2.24) is 0 Å².